The molecular formula is C57H111NO4. The van der Waals surface area contributed by atoms with E-state index in [4.69, 9.17) is 0 Å². The molecule has 0 bridgehead atoms. The van der Waals surface area contributed by atoms with E-state index in [2.05, 4.69) is 31.3 Å². The molecule has 0 rings (SSSR count). The molecule has 0 aliphatic carbocycles. The smallest absolute Gasteiger partial charge is 0.222 e. The van der Waals surface area contributed by atoms with E-state index in [0.29, 0.717) is 6.42 Å². The number of aliphatic hydroxyl groups excluding tert-OH is 3. The van der Waals surface area contributed by atoms with Crippen molar-refractivity contribution in [1.82, 2.24) is 5.32 Å². The molecule has 0 aliphatic heterocycles. The number of rotatable bonds is 52. The predicted octanol–water partition coefficient (Wildman–Crippen LogP) is 17.3. The summed E-state index contributed by atoms with van der Waals surface area (Å²) < 4.78 is 0. The lowest BCUT2D eigenvalue weighted by atomic mass is 10.0. The standard InChI is InChI=1S/C57H111NO4/c1-3-5-7-9-11-13-15-17-19-21-23-25-26-27-28-29-31-32-34-36-38-40-42-44-46-48-50-54(60)52-57(62)58-55(53-59)56(61)51-49-47-45-43-41-39-37-35-33-30-24-22-20-18-16-14-12-10-8-6-4-2/h27-28,49,51,54-56,59-61H,3-26,29-48,50,52-53H2,1-2H3,(H,58,62)/b28-27-,51-49+. The molecular weight excluding hydrogens is 763 g/mol. The van der Waals surface area contributed by atoms with Crippen molar-refractivity contribution in [3.05, 3.63) is 24.3 Å². The average molecular weight is 875 g/mol. The van der Waals surface area contributed by atoms with Crippen molar-refractivity contribution in [3.63, 3.8) is 0 Å². The third-order valence-corrected chi connectivity index (χ3v) is 13.2. The Balaban J connectivity index is 3.56. The monoisotopic (exact) mass is 874 g/mol. The van der Waals surface area contributed by atoms with Crippen LogP contribution in [0.3, 0.4) is 0 Å². The van der Waals surface area contributed by atoms with Gasteiger partial charge in [-0.15, -0.1) is 0 Å². The zero-order valence-corrected chi connectivity index (χ0v) is 42.0. The number of carbonyl (C=O) groups is 1. The van der Waals surface area contributed by atoms with E-state index < -0.39 is 18.2 Å². The van der Waals surface area contributed by atoms with Crippen LogP contribution in [0.4, 0.5) is 0 Å². The summed E-state index contributed by atoms with van der Waals surface area (Å²) in [7, 11) is 0. The van der Waals surface area contributed by atoms with Crippen molar-refractivity contribution in [1.29, 1.82) is 0 Å². The van der Waals surface area contributed by atoms with Crippen LogP contribution in [-0.4, -0.2) is 46.1 Å². The van der Waals surface area contributed by atoms with Crippen molar-refractivity contribution < 1.29 is 20.1 Å². The summed E-state index contributed by atoms with van der Waals surface area (Å²) >= 11 is 0. The summed E-state index contributed by atoms with van der Waals surface area (Å²) in [4.78, 5) is 12.5. The fourth-order valence-corrected chi connectivity index (χ4v) is 8.93. The first-order valence-corrected chi connectivity index (χ1v) is 28.1. The summed E-state index contributed by atoms with van der Waals surface area (Å²) in [5.41, 5.74) is 0. The third-order valence-electron chi connectivity index (χ3n) is 13.2. The highest BCUT2D eigenvalue weighted by Gasteiger charge is 2.20. The molecule has 0 aliphatic rings. The van der Waals surface area contributed by atoms with Crippen LogP contribution in [0.2, 0.25) is 0 Å². The lowest BCUT2D eigenvalue weighted by Gasteiger charge is -2.21. The SMILES string of the molecule is CCCCCCCCCCCCCC/C=C\CCCCCCCCCCCCC(O)CC(=O)NC(CO)C(O)/C=C/CCCCCCCCCCCCCCCCCCCCC. The first-order valence-electron chi connectivity index (χ1n) is 28.1. The van der Waals surface area contributed by atoms with Crippen LogP contribution in [-0.2, 0) is 4.79 Å². The van der Waals surface area contributed by atoms with E-state index >= 15 is 0 Å². The summed E-state index contributed by atoms with van der Waals surface area (Å²) in [6, 6.07) is -0.744. The van der Waals surface area contributed by atoms with Gasteiger partial charge < -0.3 is 20.6 Å². The van der Waals surface area contributed by atoms with Gasteiger partial charge in [-0.2, -0.15) is 0 Å². The summed E-state index contributed by atoms with van der Waals surface area (Å²) in [6.07, 6.45) is 66.5. The van der Waals surface area contributed by atoms with Gasteiger partial charge in [-0.25, -0.2) is 0 Å². The van der Waals surface area contributed by atoms with Gasteiger partial charge in [0.05, 0.1) is 31.3 Å². The number of amides is 1. The first kappa shape index (κ1) is 60.8. The molecule has 1 amide bonds. The minimum atomic E-state index is -0.928. The molecule has 5 nitrogen and oxygen atoms in total. The molecule has 3 atom stereocenters. The first-order chi connectivity index (χ1) is 30.5. The Bertz CT molecular complexity index is 920. The quantitative estimate of drug-likeness (QED) is 0.0362. The molecule has 368 valence electrons. The average Bonchev–Trinajstić information content (AvgIpc) is 3.27. The van der Waals surface area contributed by atoms with Gasteiger partial charge in [0, 0.05) is 0 Å². The molecule has 0 radical (unpaired) electrons. The molecule has 62 heavy (non-hydrogen) atoms. The van der Waals surface area contributed by atoms with Crippen molar-refractivity contribution in [2.24, 2.45) is 0 Å². The molecule has 0 fully saturated rings. The Morgan fingerprint density at radius 2 is 0.677 bits per heavy atom. The van der Waals surface area contributed by atoms with Gasteiger partial charge in [0.15, 0.2) is 0 Å². The summed E-state index contributed by atoms with van der Waals surface area (Å²) in [6.45, 7) is 4.25. The topological polar surface area (TPSA) is 89.8 Å². The molecule has 3 unspecified atom stereocenters. The molecule has 0 aromatic rings. The van der Waals surface area contributed by atoms with Crippen molar-refractivity contribution >= 4 is 5.91 Å². The van der Waals surface area contributed by atoms with Gasteiger partial charge in [-0.05, 0) is 44.9 Å². The van der Waals surface area contributed by atoms with Crippen LogP contribution in [0.25, 0.3) is 0 Å². The highest BCUT2D eigenvalue weighted by molar-refractivity contribution is 5.76. The lowest BCUT2D eigenvalue weighted by Crippen LogP contribution is -2.45. The second-order valence-corrected chi connectivity index (χ2v) is 19.5. The summed E-state index contributed by atoms with van der Waals surface area (Å²) in [5, 5.41) is 33.5. The van der Waals surface area contributed by atoms with Crippen LogP contribution in [0.5, 0.6) is 0 Å². The van der Waals surface area contributed by atoms with Crippen molar-refractivity contribution in [2.75, 3.05) is 6.61 Å². The summed E-state index contributed by atoms with van der Waals surface area (Å²) in [5.74, 6) is -0.311. The number of carbonyl (C=O) groups excluding carboxylic acids is 1. The zero-order chi connectivity index (χ0) is 45.1. The van der Waals surface area contributed by atoms with E-state index in [0.717, 1.165) is 25.7 Å². The van der Waals surface area contributed by atoms with Crippen molar-refractivity contribution in [2.45, 2.75) is 327 Å². The highest BCUT2D eigenvalue weighted by atomic mass is 16.3. The Labute approximate surface area is 388 Å². The molecule has 4 N–H and O–H groups in total. The Kier molecular flexibility index (Phi) is 51.5. The molecule has 0 saturated heterocycles. The van der Waals surface area contributed by atoms with E-state index in [-0.39, 0.29) is 18.9 Å². The highest BCUT2D eigenvalue weighted by Crippen LogP contribution is 2.17. The maximum atomic E-state index is 12.5. The zero-order valence-electron chi connectivity index (χ0n) is 42.0. The predicted molar refractivity (Wildman–Crippen MR) is 273 cm³/mol. The third kappa shape index (κ3) is 48.3. The van der Waals surface area contributed by atoms with E-state index in [1.54, 1.807) is 6.08 Å². The Hall–Kier alpha value is -1.17. The fourth-order valence-electron chi connectivity index (χ4n) is 8.93. The number of allylic oxidation sites excluding steroid dienone is 3. The molecule has 5 heteroatoms. The molecule has 0 aromatic heterocycles. The minimum absolute atomic E-state index is 0.0154. The largest absolute Gasteiger partial charge is 0.394 e. The number of nitrogens with one attached hydrogen (secondary N) is 1. The lowest BCUT2D eigenvalue weighted by molar-refractivity contribution is -0.124. The Morgan fingerprint density at radius 3 is 0.984 bits per heavy atom. The van der Waals surface area contributed by atoms with Crippen LogP contribution < -0.4 is 5.32 Å². The van der Waals surface area contributed by atoms with Crippen LogP contribution in [0.15, 0.2) is 24.3 Å². The van der Waals surface area contributed by atoms with Gasteiger partial charge in [-0.1, -0.05) is 282 Å². The maximum absolute atomic E-state index is 12.5. The van der Waals surface area contributed by atoms with Gasteiger partial charge in [0.25, 0.3) is 0 Å². The number of hydrogen-bond donors (Lipinski definition) is 4. The van der Waals surface area contributed by atoms with Crippen molar-refractivity contribution in [3.8, 4) is 0 Å². The van der Waals surface area contributed by atoms with Gasteiger partial charge >= 0.3 is 0 Å². The van der Waals surface area contributed by atoms with Crippen LogP contribution in [0.1, 0.15) is 309 Å². The van der Waals surface area contributed by atoms with Gasteiger partial charge in [0.2, 0.25) is 5.91 Å². The number of hydrogen-bond acceptors (Lipinski definition) is 4. The molecule has 0 spiro atoms. The van der Waals surface area contributed by atoms with Gasteiger partial charge in [0.1, 0.15) is 0 Å². The van der Waals surface area contributed by atoms with Gasteiger partial charge in [-0.3, -0.25) is 4.79 Å². The molecule has 0 saturated carbocycles. The van der Waals surface area contributed by atoms with Crippen LogP contribution in [0, 0.1) is 0 Å². The van der Waals surface area contributed by atoms with E-state index in [1.165, 1.54) is 257 Å². The second kappa shape index (κ2) is 52.5. The van der Waals surface area contributed by atoms with E-state index in [9.17, 15) is 20.1 Å². The number of aliphatic hydroxyl groups is 3. The number of unbranched alkanes of at least 4 members (excludes halogenated alkanes) is 41. The Morgan fingerprint density at radius 1 is 0.403 bits per heavy atom. The van der Waals surface area contributed by atoms with E-state index in [1.807, 2.05) is 6.08 Å². The minimum Gasteiger partial charge on any atom is -0.394 e. The molecule has 0 aromatic carbocycles. The maximum Gasteiger partial charge on any atom is 0.222 e. The van der Waals surface area contributed by atoms with Crippen LogP contribution >= 0.6 is 0 Å². The normalized spacial score (nSPS) is 13.4. The second-order valence-electron chi connectivity index (χ2n) is 19.5. The molecule has 0 heterocycles. The fraction of sp³-hybridized carbons (Fsp3) is 0.912.